The molecule has 1 aromatic heterocycles. The quantitative estimate of drug-likeness (QED) is 0.692. The van der Waals surface area contributed by atoms with Crippen LogP contribution >= 0.6 is 0 Å². The van der Waals surface area contributed by atoms with Crippen molar-refractivity contribution >= 4 is 16.9 Å². The Morgan fingerprint density at radius 3 is 2.59 bits per heavy atom. The van der Waals surface area contributed by atoms with Crippen LogP contribution in [0.2, 0.25) is 0 Å². The van der Waals surface area contributed by atoms with E-state index in [2.05, 4.69) is 14.7 Å². The monoisotopic (exact) mass is 294 g/mol. The molecule has 22 heavy (non-hydrogen) atoms. The van der Waals surface area contributed by atoms with Gasteiger partial charge in [-0.2, -0.15) is 0 Å². The van der Waals surface area contributed by atoms with Gasteiger partial charge in [0.25, 0.3) is 0 Å². The lowest BCUT2D eigenvalue weighted by atomic mass is 10.1. The van der Waals surface area contributed by atoms with Crippen molar-refractivity contribution in [1.82, 2.24) is 9.97 Å². The molecule has 0 saturated carbocycles. The Balaban J connectivity index is 1.82. The van der Waals surface area contributed by atoms with Gasteiger partial charge in [-0.25, -0.2) is 9.97 Å². The van der Waals surface area contributed by atoms with Crippen LogP contribution in [0.4, 0.5) is 0 Å². The molecule has 0 aliphatic carbocycles. The van der Waals surface area contributed by atoms with Gasteiger partial charge in [-0.05, 0) is 29.8 Å². The van der Waals surface area contributed by atoms with E-state index < -0.39 is 0 Å². The number of nitrogens with zero attached hydrogens (tertiary/aromatic N) is 2. The fourth-order valence-corrected chi connectivity index (χ4v) is 2.09. The van der Waals surface area contributed by atoms with Crippen molar-refractivity contribution in [3.8, 4) is 11.6 Å². The van der Waals surface area contributed by atoms with Crippen molar-refractivity contribution in [2.24, 2.45) is 0 Å². The third-order valence-corrected chi connectivity index (χ3v) is 3.22. The van der Waals surface area contributed by atoms with E-state index in [4.69, 9.17) is 4.74 Å². The second-order valence-electron chi connectivity index (χ2n) is 4.69. The molecule has 3 aromatic rings. The lowest BCUT2D eigenvalue weighted by Crippen LogP contribution is -2.04. The van der Waals surface area contributed by atoms with Crippen LogP contribution in [0.25, 0.3) is 10.9 Å². The van der Waals surface area contributed by atoms with Crippen LogP contribution < -0.4 is 4.74 Å². The SMILES string of the molecule is COC(=O)Cc1ccc(Oc2ncnc3ccccc23)cc1. The Labute approximate surface area is 127 Å². The standard InChI is InChI=1S/C17H14N2O3/c1-21-16(20)10-12-6-8-13(9-7-12)22-17-14-4-2-3-5-15(14)18-11-19-17/h2-9,11H,10H2,1H3. The zero-order valence-corrected chi connectivity index (χ0v) is 12.0. The molecule has 1 heterocycles. The first-order valence-electron chi connectivity index (χ1n) is 6.79. The van der Waals surface area contributed by atoms with E-state index in [9.17, 15) is 4.79 Å². The van der Waals surface area contributed by atoms with Gasteiger partial charge in [0.15, 0.2) is 0 Å². The number of methoxy groups -OCH3 is 1. The molecule has 5 heteroatoms. The van der Waals surface area contributed by atoms with E-state index in [1.165, 1.54) is 13.4 Å². The minimum absolute atomic E-state index is 0.243. The Morgan fingerprint density at radius 1 is 1.05 bits per heavy atom. The number of hydrogen-bond donors (Lipinski definition) is 0. The highest BCUT2D eigenvalue weighted by Crippen LogP contribution is 2.26. The average molecular weight is 294 g/mol. The van der Waals surface area contributed by atoms with Gasteiger partial charge in [0.05, 0.1) is 24.4 Å². The van der Waals surface area contributed by atoms with Crippen LogP contribution in [-0.2, 0) is 16.0 Å². The molecule has 0 radical (unpaired) electrons. The Morgan fingerprint density at radius 2 is 1.82 bits per heavy atom. The summed E-state index contributed by atoms with van der Waals surface area (Å²) in [5.74, 6) is 0.888. The van der Waals surface area contributed by atoms with Gasteiger partial charge in [-0.15, -0.1) is 0 Å². The van der Waals surface area contributed by atoms with E-state index in [1.54, 1.807) is 12.1 Å². The number of fused-ring (bicyclic) bond motifs is 1. The second-order valence-corrected chi connectivity index (χ2v) is 4.69. The summed E-state index contributed by atoms with van der Waals surface area (Å²) in [6, 6.07) is 14.9. The topological polar surface area (TPSA) is 61.3 Å². The highest BCUT2D eigenvalue weighted by atomic mass is 16.5. The van der Waals surface area contributed by atoms with Crippen LogP contribution in [-0.4, -0.2) is 23.0 Å². The second kappa shape index (κ2) is 6.22. The fraction of sp³-hybridized carbons (Fsp3) is 0.118. The lowest BCUT2D eigenvalue weighted by molar-refractivity contribution is -0.139. The van der Waals surface area contributed by atoms with Crippen molar-refractivity contribution in [1.29, 1.82) is 0 Å². The summed E-state index contributed by atoms with van der Waals surface area (Å²) in [6.07, 6.45) is 1.72. The van der Waals surface area contributed by atoms with E-state index in [0.29, 0.717) is 11.6 Å². The maximum Gasteiger partial charge on any atom is 0.309 e. The maximum absolute atomic E-state index is 11.2. The third-order valence-electron chi connectivity index (χ3n) is 3.22. The molecular weight excluding hydrogens is 280 g/mol. The van der Waals surface area contributed by atoms with Gasteiger partial charge in [0.1, 0.15) is 12.1 Å². The van der Waals surface area contributed by atoms with Crippen LogP contribution in [0.1, 0.15) is 5.56 Å². The predicted molar refractivity (Wildman–Crippen MR) is 81.8 cm³/mol. The summed E-state index contributed by atoms with van der Waals surface area (Å²) in [4.78, 5) is 19.6. The Bertz CT molecular complexity index is 795. The number of esters is 1. The van der Waals surface area contributed by atoms with E-state index >= 15 is 0 Å². The smallest absolute Gasteiger partial charge is 0.309 e. The van der Waals surface area contributed by atoms with E-state index in [-0.39, 0.29) is 12.4 Å². The highest BCUT2D eigenvalue weighted by molar-refractivity contribution is 5.83. The number of aromatic nitrogens is 2. The number of carbonyl (C=O) groups is 1. The van der Waals surface area contributed by atoms with Crippen molar-refractivity contribution in [2.75, 3.05) is 7.11 Å². The Kier molecular flexibility index (Phi) is 3.96. The zero-order chi connectivity index (χ0) is 15.4. The maximum atomic E-state index is 11.2. The van der Waals surface area contributed by atoms with Crippen LogP contribution in [0, 0.1) is 0 Å². The van der Waals surface area contributed by atoms with Gasteiger partial charge in [-0.3, -0.25) is 4.79 Å². The first-order chi connectivity index (χ1) is 10.8. The third kappa shape index (κ3) is 3.03. The molecule has 0 spiro atoms. The first-order valence-corrected chi connectivity index (χ1v) is 6.79. The molecule has 2 aromatic carbocycles. The number of benzene rings is 2. The van der Waals surface area contributed by atoms with Gasteiger partial charge in [0.2, 0.25) is 5.88 Å². The molecule has 0 aliphatic rings. The van der Waals surface area contributed by atoms with Crippen molar-refractivity contribution in [3.05, 3.63) is 60.4 Å². The highest BCUT2D eigenvalue weighted by Gasteiger charge is 2.07. The molecule has 5 nitrogen and oxygen atoms in total. The number of hydrogen-bond acceptors (Lipinski definition) is 5. The molecular formula is C17H14N2O3. The molecule has 0 N–H and O–H groups in total. The largest absolute Gasteiger partial charge is 0.469 e. The molecule has 3 rings (SSSR count). The van der Waals surface area contributed by atoms with E-state index in [0.717, 1.165) is 16.5 Å². The normalized spacial score (nSPS) is 10.4. The summed E-state index contributed by atoms with van der Waals surface area (Å²) in [6.45, 7) is 0. The van der Waals surface area contributed by atoms with Gasteiger partial charge < -0.3 is 9.47 Å². The molecule has 0 fully saturated rings. The molecule has 0 aliphatic heterocycles. The van der Waals surface area contributed by atoms with Gasteiger partial charge >= 0.3 is 5.97 Å². The summed E-state index contributed by atoms with van der Waals surface area (Å²) in [7, 11) is 1.38. The Hall–Kier alpha value is -2.95. The van der Waals surface area contributed by atoms with Crippen molar-refractivity contribution in [3.63, 3.8) is 0 Å². The van der Waals surface area contributed by atoms with Crippen LogP contribution in [0.3, 0.4) is 0 Å². The molecule has 0 saturated heterocycles. The van der Waals surface area contributed by atoms with E-state index in [1.807, 2.05) is 36.4 Å². The molecule has 0 unspecified atom stereocenters. The molecule has 0 bridgehead atoms. The minimum Gasteiger partial charge on any atom is -0.469 e. The molecule has 110 valence electrons. The van der Waals surface area contributed by atoms with Crippen LogP contribution in [0.15, 0.2) is 54.9 Å². The number of ether oxygens (including phenoxy) is 2. The number of rotatable bonds is 4. The van der Waals surface area contributed by atoms with Crippen molar-refractivity contribution < 1.29 is 14.3 Å². The summed E-state index contributed by atoms with van der Waals surface area (Å²) < 4.78 is 10.5. The minimum atomic E-state index is -0.268. The fourth-order valence-electron chi connectivity index (χ4n) is 2.09. The average Bonchev–Trinajstić information content (AvgIpc) is 2.57. The van der Waals surface area contributed by atoms with Crippen molar-refractivity contribution in [2.45, 2.75) is 6.42 Å². The van der Waals surface area contributed by atoms with Crippen LogP contribution in [0.5, 0.6) is 11.6 Å². The summed E-state index contributed by atoms with van der Waals surface area (Å²) >= 11 is 0. The van der Waals surface area contributed by atoms with Gasteiger partial charge in [-0.1, -0.05) is 24.3 Å². The number of carbonyl (C=O) groups excluding carboxylic acids is 1. The summed E-state index contributed by atoms with van der Waals surface area (Å²) in [5.41, 5.74) is 1.70. The lowest BCUT2D eigenvalue weighted by Gasteiger charge is -2.08. The first kappa shape index (κ1) is 14.0. The molecule has 0 amide bonds. The zero-order valence-electron chi connectivity index (χ0n) is 12.0. The summed E-state index contributed by atoms with van der Waals surface area (Å²) in [5, 5.41) is 0.851. The number of para-hydroxylation sites is 1. The molecule has 0 atom stereocenters. The van der Waals surface area contributed by atoms with Gasteiger partial charge in [0, 0.05) is 0 Å². The predicted octanol–water partition coefficient (Wildman–Crippen LogP) is 3.14.